The van der Waals surface area contributed by atoms with Crippen molar-refractivity contribution in [2.75, 3.05) is 0 Å². The summed E-state index contributed by atoms with van der Waals surface area (Å²) in [6, 6.07) is 24.2. The summed E-state index contributed by atoms with van der Waals surface area (Å²) in [5.74, 6) is 0.263. The predicted molar refractivity (Wildman–Crippen MR) is 130 cm³/mol. The molecule has 3 rings (SSSR count). The van der Waals surface area contributed by atoms with Crippen LogP contribution in [-0.2, 0) is 12.8 Å². The van der Waals surface area contributed by atoms with Crippen molar-refractivity contribution in [3.05, 3.63) is 89.5 Å². The zero-order chi connectivity index (χ0) is 21.9. The number of hydrogen-bond donors (Lipinski definition) is 0. The minimum Gasteiger partial charge on any atom is -0.423 e. The molecule has 0 N–H and O–H groups in total. The van der Waals surface area contributed by atoms with Gasteiger partial charge in [-0.25, -0.2) is 4.79 Å². The van der Waals surface area contributed by atoms with Gasteiger partial charge in [0.15, 0.2) is 0 Å². The van der Waals surface area contributed by atoms with E-state index in [1.807, 2.05) is 48.5 Å². The van der Waals surface area contributed by atoms with Gasteiger partial charge in [-0.1, -0.05) is 88.1 Å². The summed E-state index contributed by atoms with van der Waals surface area (Å²) in [6.07, 6.45) is 9.70. The van der Waals surface area contributed by atoms with Gasteiger partial charge in [-0.3, -0.25) is 0 Å². The number of rotatable bonds is 11. The van der Waals surface area contributed by atoms with Crippen molar-refractivity contribution in [3.8, 4) is 16.9 Å². The maximum absolute atomic E-state index is 12.5. The molecule has 0 heterocycles. The maximum Gasteiger partial charge on any atom is 0.343 e. The van der Waals surface area contributed by atoms with Crippen molar-refractivity contribution in [2.24, 2.45) is 0 Å². The van der Waals surface area contributed by atoms with E-state index >= 15 is 0 Å². The molecule has 0 aliphatic rings. The zero-order valence-electron chi connectivity index (χ0n) is 18.9. The van der Waals surface area contributed by atoms with Crippen molar-refractivity contribution in [1.29, 1.82) is 0 Å². The molecule has 0 bridgehead atoms. The molecule has 0 radical (unpaired) electrons. The molecule has 0 spiro atoms. The average molecular weight is 415 g/mol. The van der Waals surface area contributed by atoms with Crippen molar-refractivity contribution < 1.29 is 9.53 Å². The van der Waals surface area contributed by atoms with Gasteiger partial charge in [-0.15, -0.1) is 0 Å². The lowest BCUT2D eigenvalue weighted by Gasteiger charge is -2.08. The van der Waals surface area contributed by atoms with Gasteiger partial charge in [0.25, 0.3) is 0 Å². The van der Waals surface area contributed by atoms with E-state index in [2.05, 4.69) is 38.1 Å². The van der Waals surface area contributed by atoms with Crippen molar-refractivity contribution in [3.63, 3.8) is 0 Å². The van der Waals surface area contributed by atoms with Crippen LogP contribution in [-0.4, -0.2) is 5.97 Å². The maximum atomic E-state index is 12.5. The molecule has 0 fully saturated rings. The third-order valence-corrected chi connectivity index (χ3v) is 5.68. The quantitative estimate of drug-likeness (QED) is 0.180. The summed E-state index contributed by atoms with van der Waals surface area (Å²) in [5.41, 5.74) is 5.50. The van der Waals surface area contributed by atoms with Gasteiger partial charge in [0.05, 0.1) is 5.56 Å². The SMILES string of the molecule is CCCCCCc1ccc(-c2ccc(C(=O)Oc3ccc(CCCC)cc3)cc2)cc1. The summed E-state index contributed by atoms with van der Waals surface area (Å²) in [5, 5.41) is 0. The van der Waals surface area contributed by atoms with Crippen LogP contribution in [0.2, 0.25) is 0 Å². The molecule has 0 aliphatic heterocycles. The second kappa shape index (κ2) is 12.1. The van der Waals surface area contributed by atoms with Crippen LogP contribution >= 0.6 is 0 Å². The Morgan fingerprint density at radius 3 is 1.71 bits per heavy atom. The van der Waals surface area contributed by atoms with Crippen LogP contribution in [0.3, 0.4) is 0 Å². The minimum absolute atomic E-state index is 0.324. The molecule has 3 aromatic rings. The van der Waals surface area contributed by atoms with Crippen LogP contribution in [0.4, 0.5) is 0 Å². The number of hydrogen-bond acceptors (Lipinski definition) is 2. The first-order chi connectivity index (χ1) is 15.2. The highest BCUT2D eigenvalue weighted by Crippen LogP contribution is 2.22. The molecule has 0 saturated carbocycles. The Labute approximate surface area is 187 Å². The summed E-state index contributed by atoms with van der Waals surface area (Å²) in [7, 11) is 0. The first kappa shape index (κ1) is 22.8. The van der Waals surface area contributed by atoms with E-state index in [0.717, 1.165) is 18.4 Å². The molecular weight excluding hydrogens is 380 g/mol. The van der Waals surface area contributed by atoms with E-state index in [1.54, 1.807) is 0 Å². The summed E-state index contributed by atoms with van der Waals surface area (Å²) < 4.78 is 5.54. The Bertz CT molecular complexity index is 922. The van der Waals surface area contributed by atoms with Gasteiger partial charge in [0.1, 0.15) is 5.75 Å². The van der Waals surface area contributed by atoms with E-state index in [9.17, 15) is 4.79 Å². The van der Waals surface area contributed by atoms with Gasteiger partial charge in [-0.05, 0) is 72.2 Å². The fourth-order valence-corrected chi connectivity index (χ4v) is 3.69. The Kier molecular flexibility index (Phi) is 8.90. The van der Waals surface area contributed by atoms with Crippen LogP contribution < -0.4 is 4.74 Å². The Morgan fingerprint density at radius 1 is 0.613 bits per heavy atom. The second-order valence-electron chi connectivity index (χ2n) is 8.22. The summed E-state index contributed by atoms with van der Waals surface area (Å²) in [4.78, 5) is 12.5. The highest BCUT2D eigenvalue weighted by Gasteiger charge is 2.09. The summed E-state index contributed by atoms with van der Waals surface area (Å²) >= 11 is 0. The van der Waals surface area contributed by atoms with Crippen LogP contribution in [0.15, 0.2) is 72.8 Å². The predicted octanol–water partition coefficient (Wildman–Crippen LogP) is 8.04. The number of ether oxygens (including phenoxy) is 1. The third-order valence-electron chi connectivity index (χ3n) is 5.68. The normalized spacial score (nSPS) is 10.8. The number of esters is 1. The molecule has 0 amide bonds. The van der Waals surface area contributed by atoms with Crippen LogP contribution in [0.1, 0.15) is 73.9 Å². The van der Waals surface area contributed by atoms with Crippen LogP contribution in [0, 0.1) is 0 Å². The van der Waals surface area contributed by atoms with E-state index in [0.29, 0.717) is 11.3 Å². The molecule has 0 saturated heterocycles. The average Bonchev–Trinajstić information content (AvgIpc) is 2.82. The molecule has 2 nitrogen and oxygen atoms in total. The lowest BCUT2D eigenvalue weighted by Crippen LogP contribution is -2.08. The first-order valence-electron chi connectivity index (χ1n) is 11.7. The molecule has 0 atom stereocenters. The summed E-state index contributed by atoms with van der Waals surface area (Å²) in [6.45, 7) is 4.43. The van der Waals surface area contributed by atoms with E-state index in [4.69, 9.17) is 4.74 Å². The smallest absolute Gasteiger partial charge is 0.343 e. The van der Waals surface area contributed by atoms with Gasteiger partial charge < -0.3 is 4.74 Å². The van der Waals surface area contributed by atoms with Gasteiger partial charge in [-0.2, -0.15) is 0 Å². The minimum atomic E-state index is -0.324. The van der Waals surface area contributed by atoms with E-state index in [-0.39, 0.29) is 5.97 Å². The van der Waals surface area contributed by atoms with Crippen molar-refractivity contribution in [1.82, 2.24) is 0 Å². The highest BCUT2D eigenvalue weighted by atomic mass is 16.5. The van der Waals surface area contributed by atoms with Gasteiger partial charge in [0, 0.05) is 0 Å². The lowest BCUT2D eigenvalue weighted by molar-refractivity contribution is 0.0734. The molecule has 0 unspecified atom stereocenters. The molecule has 162 valence electrons. The third kappa shape index (κ3) is 7.10. The standard InChI is InChI=1S/C29H34O2/c1-3-5-7-8-10-24-11-15-25(16-12-24)26-17-19-27(20-18-26)29(30)31-28-21-13-23(14-22-28)9-6-4-2/h11-22H,3-10H2,1-2H3. The molecule has 2 heteroatoms. The zero-order valence-corrected chi connectivity index (χ0v) is 18.9. The fourth-order valence-electron chi connectivity index (χ4n) is 3.69. The number of benzene rings is 3. The monoisotopic (exact) mass is 414 g/mol. The number of unbranched alkanes of at least 4 members (excludes halogenated alkanes) is 4. The van der Waals surface area contributed by atoms with Gasteiger partial charge >= 0.3 is 5.97 Å². The number of aryl methyl sites for hydroxylation is 2. The molecular formula is C29H34O2. The van der Waals surface area contributed by atoms with Crippen molar-refractivity contribution in [2.45, 2.75) is 65.2 Å². The van der Waals surface area contributed by atoms with Crippen molar-refractivity contribution >= 4 is 5.97 Å². The van der Waals surface area contributed by atoms with Crippen LogP contribution in [0.5, 0.6) is 5.75 Å². The lowest BCUT2D eigenvalue weighted by atomic mass is 10.0. The topological polar surface area (TPSA) is 26.3 Å². The number of carbonyl (C=O) groups is 1. The van der Waals surface area contributed by atoms with Crippen LogP contribution in [0.25, 0.3) is 11.1 Å². The molecule has 0 aliphatic carbocycles. The van der Waals surface area contributed by atoms with Gasteiger partial charge in [0.2, 0.25) is 0 Å². The molecule has 0 aromatic heterocycles. The Morgan fingerprint density at radius 2 is 1.13 bits per heavy atom. The highest BCUT2D eigenvalue weighted by molar-refractivity contribution is 5.91. The van der Waals surface area contributed by atoms with E-state index in [1.165, 1.54) is 55.2 Å². The Hall–Kier alpha value is -2.87. The molecule has 31 heavy (non-hydrogen) atoms. The fraction of sp³-hybridized carbons (Fsp3) is 0.345. The molecule has 3 aromatic carbocycles. The second-order valence-corrected chi connectivity index (χ2v) is 8.22. The van der Waals surface area contributed by atoms with E-state index < -0.39 is 0 Å². The Balaban J connectivity index is 1.56. The number of carbonyl (C=O) groups excluding carboxylic acids is 1. The largest absolute Gasteiger partial charge is 0.423 e. The first-order valence-corrected chi connectivity index (χ1v) is 11.7.